The number of aryl methyl sites for hydroxylation is 1. The lowest BCUT2D eigenvalue weighted by molar-refractivity contribution is -0.137. The molecule has 1 aromatic carbocycles. The van der Waals surface area contributed by atoms with E-state index in [0.29, 0.717) is 42.8 Å². The zero-order valence-electron chi connectivity index (χ0n) is 15.3. The summed E-state index contributed by atoms with van der Waals surface area (Å²) >= 11 is 0. The summed E-state index contributed by atoms with van der Waals surface area (Å²) < 4.78 is 40.7. The number of piperidine rings is 1. The van der Waals surface area contributed by atoms with Gasteiger partial charge in [0.25, 0.3) is 0 Å². The predicted molar refractivity (Wildman–Crippen MR) is 94.2 cm³/mol. The van der Waals surface area contributed by atoms with Crippen LogP contribution in [-0.4, -0.2) is 39.2 Å². The highest BCUT2D eigenvalue weighted by atomic mass is 19.4. The third kappa shape index (κ3) is 4.14. The number of alkyl halides is 3. The van der Waals surface area contributed by atoms with Crippen LogP contribution in [0.2, 0.25) is 0 Å². The lowest BCUT2D eigenvalue weighted by Gasteiger charge is -2.33. The molecule has 3 rings (SSSR count). The van der Waals surface area contributed by atoms with Crippen LogP contribution in [0.15, 0.2) is 18.2 Å². The Kier molecular flexibility index (Phi) is 5.26. The summed E-state index contributed by atoms with van der Waals surface area (Å²) in [6, 6.07) is 3.73. The van der Waals surface area contributed by atoms with E-state index in [1.54, 1.807) is 11.8 Å². The molecule has 5 nitrogen and oxygen atoms in total. The molecule has 0 bridgehead atoms. The summed E-state index contributed by atoms with van der Waals surface area (Å²) in [5.74, 6) is 0.647. The highest BCUT2D eigenvalue weighted by Gasteiger charge is 2.32. The summed E-state index contributed by atoms with van der Waals surface area (Å²) in [7, 11) is 0. The van der Waals surface area contributed by atoms with Gasteiger partial charge in [0.2, 0.25) is 5.91 Å². The number of halogens is 3. The number of nitrogens with zero attached hydrogens (tertiary/aromatic N) is 3. The summed E-state index contributed by atoms with van der Waals surface area (Å²) in [6.45, 7) is 4.40. The van der Waals surface area contributed by atoms with Crippen LogP contribution < -0.4 is 0 Å². The summed E-state index contributed by atoms with van der Waals surface area (Å²) in [4.78, 5) is 29.3. The van der Waals surface area contributed by atoms with Crippen LogP contribution in [0.4, 0.5) is 13.2 Å². The molecular weight excluding hydrogens is 359 g/mol. The molecule has 1 saturated heterocycles. The van der Waals surface area contributed by atoms with Gasteiger partial charge in [0, 0.05) is 32.0 Å². The topological polar surface area (TPSA) is 55.2 Å². The van der Waals surface area contributed by atoms with Gasteiger partial charge >= 0.3 is 6.18 Å². The van der Waals surface area contributed by atoms with Gasteiger partial charge < -0.3 is 14.3 Å². The second-order valence-corrected chi connectivity index (χ2v) is 7.04. The van der Waals surface area contributed by atoms with E-state index in [2.05, 4.69) is 4.98 Å². The largest absolute Gasteiger partial charge is 0.416 e. The maximum absolute atomic E-state index is 12.9. The number of fused-ring (bicyclic) bond motifs is 1. The maximum Gasteiger partial charge on any atom is 0.416 e. The normalized spacial score (nSPS) is 16.1. The van der Waals surface area contributed by atoms with Gasteiger partial charge in [-0.3, -0.25) is 4.79 Å². The molecule has 0 atom stereocenters. The molecule has 0 aliphatic carbocycles. The molecule has 1 fully saturated rings. The minimum atomic E-state index is -4.39. The van der Waals surface area contributed by atoms with Crippen LogP contribution in [0.25, 0.3) is 11.0 Å². The van der Waals surface area contributed by atoms with Gasteiger partial charge in [-0.1, -0.05) is 0 Å². The van der Waals surface area contributed by atoms with Crippen molar-refractivity contribution < 1.29 is 22.8 Å². The molecule has 1 aliphatic rings. The number of ketones is 1. The number of Topliss-reactive ketones (excluding diaryl/α,β-unsaturated/α-hetero) is 1. The Hall–Kier alpha value is -2.38. The van der Waals surface area contributed by atoms with Crippen LogP contribution in [0.3, 0.4) is 0 Å². The number of hydrogen-bond donors (Lipinski definition) is 0. The molecule has 8 heteroatoms. The molecule has 1 aliphatic heterocycles. The minimum absolute atomic E-state index is 0.00280. The molecule has 0 saturated carbocycles. The Labute approximate surface area is 155 Å². The smallest absolute Gasteiger partial charge is 0.343 e. The zero-order chi connectivity index (χ0) is 19.8. The van der Waals surface area contributed by atoms with Gasteiger partial charge in [0.1, 0.15) is 11.6 Å². The third-order valence-electron chi connectivity index (χ3n) is 5.07. The van der Waals surface area contributed by atoms with E-state index in [1.165, 1.54) is 13.0 Å². The van der Waals surface area contributed by atoms with Crippen molar-refractivity contribution in [1.29, 1.82) is 0 Å². The van der Waals surface area contributed by atoms with Crippen LogP contribution >= 0.6 is 0 Å². The van der Waals surface area contributed by atoms with E-state index in [-0.39, 0.29) is 30.6 Å². The van der Waals surface area contributed by atoms with E-state index in [0.717, 1.165) is 12.1 Å². The lowest BCUT2D eigenvalue weighted by atomic mass is 10.0. The third-order valence-corrected chi connectivity index (χ3v) is 5.07. The van der Waals surface area contributed by atoms with Crippen molar-refractivity contribution in [2.45, 2.75) is 51.7 Å². The molecule has 27 heavy (non-hydrogen) atoms. The van der Waals surface area contributed by atoms with Gasteiger partial charge in [-0.05, 0) is 44.9 Å². The Morgan fingerprint density at radius 3 is 2.44 bits per heavy atom. The molecule has 2 heterocycles. The number of aromatic nitrogens is 2. The number of rotatable bonds is 4. The summed E-state index contributed by atoms with van der Waals surface area (Å²) in [5, 5.41) is 0. The van der Waals surface area contributed by atoms with Crippen molar-refractivity contribution in [2.24, 2.45) is 0 Å². The Bertz CT molecular complexity index is 865. The van der Waals surface area contributed by atoms with Gasteiger partial charge in [-0.15, -0.1) is 0 Å². The Morgan fingerprint density at radius 1 is 1.19 bits per heavy atom. The van der Waals surface area contributed by atoms with Crippen LogP contribution in [0.5, 0.6) is 0 Å². The first-order chi connectivity index (χ1) is 12.7. The quantitative estimate of drug-likeness (QED) is 0.807. The minimum Gasteiger partial charge on any atom is -0.343 e. The number of carbonyl (C=O) groups is 2. The van der Waals surface area contributed by atoms with Gasteiger partial charge in [-0.25, -0.2) is 4.98 Å². The first-order valence-electron chi connectivity index (χ1n) is 9.00. The second-order valence-electron chi connectivity index (χ2n) is 7.04. The highest BCUT2D eigenvalue weighted by Crippen LogP contribution is 2.34. The van der Waals surface area contributed by atoms with Crippen molar-refractivity contribution in [2.75, 3.05) is 13.1 Å². The zero-order valence-corrected chi connectivity index (χ0v) is 15.3. The predicted octanol–water partition coefficient (Wildman–Crippen LogP) is 3.90. The average Bonchev–Trinajstić information content (AvgIpc) is 2.94. The molecule has 1 amide bonds. The van der Waals surface area contributed by atoms with E-state index in [1.807, 2.05) is 4.57 Å². The number of hydrogen-bond acceptors (Lipinski definition) is 3. The number of carbonyl (C=O) groups excluding carboxylic acids is 2. The monoisotopic (exact) mass is 381 g/mol. The average molecular weight is 381 g/mol. The molecule has 0 N–H and O–H groups in total. The molecular formula is C19H22F3N3O2. The molecule has 0 unspecified atom stereocenters. The van der Waals surface area contributed by atoms with Crippen LogP contribution in [0, 0.1) is 6.92 Å². The fourth-order valence-electron chi connectivity index (χ4n) is 3.67. The first-order valence-corrected chi connectivity index (χ1v) is 9.00. The first kappa shape index (κ1) is 19.4. The van der Waals surface area contributed by atoms with E-state index < -0.39 is 11.7 Å². The Balaban J connectivity index is 1.74. The molecule has 0 spiro atoms. The fraction of sp³-hybridized carbons (Fsp3) is 0.526. The van der Waals surface area contributed by atoms with E-state index >= 15 is 0 Å². The van der Waals surface area contributed by atoms with Gasteiger partial charge in [0.15, 0.2) is 0 Å². The van der Waals surface area contributed by atoms with Crippen LogP contribution in [0.1, 0.15) is 50.0 Å². The van der Waals surface area contributed by atoms with Crippen molar-refractivity contribution in [3.63, 3.8) is 0 Å². The molecule has 1 aromatic heterocycles. The van der Waals surface area contributed by atoms with Crippen molar-refractivity contribution in [3.05, 3.63) is 29.6 Å². The van der Waals surface area contributed by atoms with Crippen molar-refractivity contribution in [1.82, 2.24) is 14.5 Å². The maximum atomic E-state index is 12.9. The fourth-order valence-corrected chi connectivity index (χ4v) is 3.67. The van der Waals surface area contributed by atoms with Crippen molar-refractivity contribution in [3.8, 4) is 0 Å². The molecule has 146 valence electrons. The number of likely N-dealkylation sites (tertiary alicyclic amines) is 1. The molecule has 0 radical (unpaired) electrons. The number of imidazole rings is 1. The van der Waals surface area contributed by atoms with E-state index in [9.17, 15) is 22.8 Å². The van der Waals surface area contributed by atoms with E-state index in [4.69, 9.17) is 0 Å². The lowest BCUT2D eigenvalue weighted by Crippen LogP contribution is -2.39. The SMILES string of the molecule is CC(=O)CCC(=O)N1CCC(n2c(C)nc3cc(C(F)(F)F)ccc32)CC1. The summed E-state index contributed by atoms with van der Waals surface area (Å²) in [6.07, 6.45) is -2.49. The summed E-state index contributed by atoms with van der Waals surface area (Å²) in [5.41, 5.74) is 0.315. The van der Waals surface area contributed by atoms with Gasteiger partial charge in [0.05, 0.1) is 16.6 Å². The Morgan fingerprint density at radius 2 is 1.85 bits per heavy atom. The number of benzene rings is 1. The highest BCUT2D eigenvalue weighted by molar-refractivity contribution is 5.83. The number of amides is 1. The standard InChI is InChI=1S/C19H22F3N3O2/c1-12(26)3-6-18(27)24-9-7-15(8-10-24)25-13(2)23-16-11-14(19(20,21)22)4-5-17(16)25/h4-5,11,15H,3,6-10H2,1-2H3. The second kappa shape index (κ2) is 7.32. The van der Waals surface area contributed by atoms with Crippen molar-refractivity contribution >= 4 is 22.7 Å². The van der Waals surface area contributed by atoms with Gasteiger partial charge in [-0.2, -0.15) is 13.2 Å². The molecule has 2 aromatic rings. The van der Waals surface area contributed by atoms with Crippen LogP contribution in [-0.2, 0) is 15.8 Å².